The van der Waals surface area contributed by atoms with Gasteiger partial charge in [-0.05, 0) is 25.5 Å². The number of hydrogen-bond donors (Lipinski definition) is 0. The molecule has 1 amide bonds. The lowest BCUT2D eigenvalue weighted by Crippen LogP contribution is -2.42. The van der Waals surface area contributed by atoms with Crippen LogP contribution < -0.4 is 0 Å². The van der Waals surface area contributed by atoms with E-state index < -0.39 is 0 Å². The van der Waals surface area contributed by atoms with Gasteiger partial charge in [-0.25, -0.2) is 0 Å². The lowest BCUT2D eigenvalue weighted by molar-refractivity contribution is -0.136. The summed E-state index contributed by atoms with van der Waals surface area (Å²) in [5, 5.41) is 8.48. The second-order valence-corrected chi connectivity index (χ2v) is 4.99. The maximum atomic E-state index is 12.4. The van der Waals surface area contributed by atoms with E-state index in [2.05, 4.69) is 22.1 Å². The van der Waals surface area contributed by atoms with E-state index in [0.29, 0.717) is 12.4 Å². The van der Waals surface area contributed by atoms with Crippen LogP contribution in [0.5, 0.6) is 0 Å². The molecule has 3 heterocycles. The van der Waals surface area contributed by atoms with Gasteiger partial charge >= 0.3 is 0 Å². The van der Waals surface area contributed by atoms with Crippen LogP contribution in [0.25, 0.3) is 11.4 Å². The number of amides is 1. The molecule has 1 aliphatic heterocycles. The van der Waals surface area contributed by atoms with Crippen molar-refractivity contribution < 1.29 is 4.79 Å². The first-order chi connectivity index (χ1) is 9.72. The fourth-order valence-electron chi connectivity index (χ4n) is 2.61. The van der Waals surface area contributed by atoms with Crippen LogP contribution in [0.15, 0.2) is 24.5 Å². The van der Waals surface area contributed by atoms with Crippen LogP contribution in [-0.2, 0) is 11.3 Å². The van der Waals surface area contributed by atoms with E-state index in [1.54, 1.807) is 12.4 Å². The normalized spacial score (nSPS) is 18.2. The fourth-order valence-corrected chi connectivity index (χ4v) is 2.61. The predicted molar refractivity (Wildman–Crippen MR) is 73.7 cm³/mol. The van der Waals surface area contributed by atoms with E-state index in [9.17, 15) is 4.79 Å². The van der Waals surface area contributed by atoms with Crippen LogP contribution in [0, 0.1) is 0 Å². The molecule has 0 aliphatic carbocycles. The molecule has 0 unspecified atom stereocenters. The van der Waals surface area contributed by atoms with Crippen molar-refractivity contribution in [3.05, 3.63) is 30.4 Å². The minimum absolute atomic E-state index is 0.129. The SMILES string of the molecule is CCCN1Cc2nnc(-c3cccnc3)n2[C@@H](C)C1=O. The third-order valence-corrected chi connectivity index (χ3v) is 3.57. The Labute approximate surface area is 117 Å². The van der Waals surface area contributed by atoms with Gasteiger partial charge in [0.05, 0.1) is 6.54 Å². The monoisotopic (exact) mass is 271 g/mol. The van der Waals surface area contributed by atoms with E-state index in [1.807, 2.05) is 28.5 Å². The van der Waals surface area contributed by atoms with Crippen molar-refractivity contribution in [2.75, 3.05) is 6.54 Å². The number of nitrogens with zero attached hydrogens (tertiary/aromatic N) is 5. The Balaban J connectivity index is 2.03. The maximum Gasteiger partial charge on any atom is 0.245 e. The Morgan fingerprint density at radius 1 is 1.40 bits per heavy atom. The molecular weight excluding hydrogens is 254 g/mol. The van der Waals surface area contributed by atoms with Gasteiger partial charge in [-0.15, -0.1) is 10.2 Å². The third kappa shape index (κ3) is 1.97. The van der Waals surface area contributed by atoms with Crippen LogP contribution in [0.4, 0.5) is 0 Å². The topological polar surface area (TPSA) is 63.9 Å². The van der Waals surface area contributed by atoms with Gasteiger partial charge in [0.1, 0.15) is 6.04 Å². The average molecular weight is 271 g/mol. The number of fused-ring (bicyclic) bond motifs is 1. The summed E-state index contributed by atoms with van der Waals surface area (Å²) in [7, 11) is 0. The van der Waals surface area contributed by atoms with Crippen molar-refractivity contribution in [2.45, 2.75) is 32.9 Å². The van der Waals surface area contributed by atoms with Crippen LogP contribution >= 0.6 is 0 Å². The largest absolute Gasteiger partial charge is 0.333 e. The molecule has 0 saturated heterocycles. The van der Waals surface area contributed by atoms with Crippen molar-refractivity contribution >= 4 is 5.91 Å². The van der Waals surface area contributed by atoms with Crippen molar-refractivity contribution in [3.8, 4) is 11.4 Å². The zero-order valence-corrected chi connectivity index (χ0v) is 11.7. The van der Waals surface area contributed by atoms with Crippen LogP contribution in [0.1, 0.15) is 32.1 Å². The lowest BCUT2D eigenvalue weighted by Gasteiger charge is -2.31. The van der Waals surface area contributed by atoms with E-state index >= 15 is 0 Å². The number of aromatic nitrogens is 4. The molecule has 0 bridgehead atoms. The van der Waals surface area contributed by atoms with Crippen molar-refractivity contribution in [1.29, 1.82) is 0 Å². The minimum Gasteiger partial charge on any atom is -0.333 e. The van der Waals surface area contributed by atoms with Gasteiger partial charge in [0.15, 0.2) is 11.6 Å². The van der Waals surface area contributed by atoms with Gasteiger partial charge in [0.25, 0.3) is 0 Å². The second-order valence-electron chi connectivity index (χ2n) is 4.99. The Morgan fingerprint density at radius 3 is 2.95 bits per heavy atom. The molecule has 104 valence electrons. The molecule has 1 aliphatic rings. The smallest absolute Gasteiger partial charge is 0.245 e. The average Bonchev–Trinajstić information content (AvgIpc) is 2.89. The first-order valence-corrected chi connectivity index (χ1v) is 6.85. The van der Waals surface area contributed by atoms with Crippen LogP contribution in [0.2, 0.25) is 0 Å². The molecule has 0 radical (unpaired) electrons. The summed E-state index contributed by atoms with van der Waals surface area (Å²) in [4.78, 5) is 18.3. The Bertz CT molecular complexity index is 622. The molecule has 6 nitrogen and oxygen atoms in total. The standard InChI is InChI=1S/C14H17N5O/c1-3-7-18-9-12-16-17-13(11-5-4-6-15-8-11)19(12)10(2)14(18)20/h4-6,8,10H,3,7,9H2,1-2H3/t10-/m0/s1. The highest BCUT2D eigenvalue weighted by Gasteiger charge is 2.32. The summed E-state index contributed by atoms with van der Waals surface area (Å²) in [6.07, 6.45) is 4.41. The Morgan fingerprint density at radius 2 is 2.25 bits per heavy atom. The molecular formula is C14H17N5O. The maximum absolute atomic E-state index is 12.4. The van der Waals surface area contributed by atoms with Crippen molar-refractivity contribution in [3.63, 3.8) is 0 Å². The molecule has 2 aromatic rings. The zero-order chi connectivity index (χ0) is 14.1. The number of hydrogen-bond acceptors (Lipinski definition) is 4. The summed E-state index contributed by atoms with van der Waals surface area (Å²) < 4.78 is 1.92. The number of rotatable bonds is 3. The molecule has 0 saturated carbocycles. The molecule has 1 atom stereocenters. The van der Waals surface area contributed by atoms with Gasteiger partial charge < -0.3 is 4.90 Å². The first kappa shape index (κ1) is 12.8. The molecule has 0 fully saturated rings. The highest BCUT2D eigenvalue weighted by atomic mass is 16.2. The fraction of sp³-hybridized carbons (Fsp3) is 0.429. The van der Waals surface area contributed by atoms with E-state index in [4.69, 9.17) is 0 Å². The predicted octanol–water partition coefficient (Wildman–Crippen LogP) is 1.65. The van der Waals surface area contributed by atoms with Gasteiger partial charge in [-0.3, -0.25) is 14.3 Å². The second kappa shape index (κ2) is 5.03. The number of carbonyl (C=O) groups excluding carboxylic acids is 1. The highest BCUT2D eigenvalue weighted by Crippen LogP contribution is 2.27. The minimum atomic E-state index is -0.268. The first-order valence-electron chi connectivity index (χ1n) is 6.85. The summed E-state index contributed by atoms with van der Waals surface area (Å²) in [5.41, 5.74) is 0.884. The van der Waals surface area contributed by atoms with Crippen LogP contribution in [0.3, 0.4) is 0 Å². The third-order valence-electron chi connectivity index (χ3n) is 3.57. The Kier molecular flexibility index (Phi) is 3.22. The van der Waals surface area contributed by atoms with E-state index in [0.717, 1.165) is 24.4 Å². The summed E-state index contributed by atoms with van der Waals surface area (Å²) >= 11 is 0. The van der Waals surface area contributed by atoms with E-state index in [1.165, 1.54) is 0 Å². The van der Waals surface area contributed by atoms with Gasteiger partial charge in [-0.2, -0.15) is 0 Å². The summed E-state index contributed by atoms with van der Waals surface area (Å²) in [5.74, 6) is 1.68. The van der Waals surface area contributed by atoms with E-state index in [-0.39, 0.29) is 11.9 Å². The number of carbonyl (C=O) groups is 1. The van der Waals surface area contributed by atoms with Gasteiger partial charge in [0, 0.05) is 24.5 Å². The van der Waals surface area contributed by atoms with Crippen molar-refractivity contribution in [2.24, 2.45) is 0 Å². The van der Waals surface area contributed by atoms with Gasteiger partial charge in [0.2, 0.25) is 5.91 Å². The Hall–Kier alpha value is -2.24. The molecule has 0 spiro atoms. The summed E-state index contributed by atoms with van der Waals surface area (Å²) in [6.45, 7) is 5.26. The molecule has 0 aromatic carbocycles. The van der Waals surface area contributed by atoms with Crippen LogP contribution in [-0.4, -0.2) is 37.1 Å². The zero-order valence-electron chi connectivity index (χ0n) is 11.7. The number of pyridine rings is 1. The molecule has 20 heavy (non-hydrogen) atoms. The molecule has 0 N–H and O–H groups in total. The van der Waals surface area contributed by atoms with Crippen molar-refractivity contribution in [1.82, 2.24) is 24.6 Å². The highest BCUT2D eigenvalue weighted by molar-refractivity contribution is 5.82. The van der Waals surface area contributed by atoms with Gasteiger partial charge in [-0.1, -0.05) is 6.92 Å². The summed E-state index contributed by atoms with van der Waals surface area (Å²) in [6, 6.07) is 3.52. The molecule has 3 rings (SSSR count). The molecule has 6 heteroatoms. The lowest BCUT2D eigenvalue weighted by atomic mass is 10.1. The quantitative estimate of drug-likeness (QED) is 0.851. The molecule has 2 aromatic heterocycles.